The summed E-state index contributed by atoms with van der Waals surface area (Å²) in [5.74, 6) is 0.637. The number of benzene rings is 2. The SMILES string of the molecule is COC(=S)N(O)c1c(COc2ccc(C)cc2C)cccc1C(F)F. The smallest absolute Gasteiger partial charge is 0.288 e. The van der Waals surface area contributed by atoms with Crippen molar-refractivity contribution < 1.29 is 23.5 Å². The lowest BCUT2D eigenvalue weighted by molar-refractivity contribution is 0.149. The first kappa shape index (κ1) is 19.1. The molecule has 2 rings (SSSR count). The monoisotopic (exact) mass is 367 g/mol. The molecule has 4 nitrogen and oxygen atoms in total. The molecule has 25 heavy (non-hydrogen) atoms. The molecule has 0 atom stereocenters. The fourth-order valence-corrected chi connectivity index (χ4v) is 2.55. The number of hydroxylamine groups is 1. The first-order valence-corrected chi connectivity index (χ1v) is 7.93. The van der Waals surface area contributed by atoms with Gasteiger partial charge in [-0.1, -0.05) is 35.9 Å². The van der Waals surface area contributed by atoms with E-state index in [2.05, 4.69) is 0 Å². The van der Waals surface area contributed by atoms with Crippen LogP contribution in [-0.4, -0.2) is 17.5 Å². The maximum Gasteiger partial charge on any atom is 0.288 e. The van der Waals surface area contributed by atoms with Crippen molar-refractivity contribution in [3.63, 3.8) is 0 Å². The minimum Gasteiger partial charge on any atom is -0.489 e. The Kier molecular flexibility index (Phi) is 6.27. The molecular weight excluding hydrogens is 348 g/mol. The quantitative estimate of drug-likeness (QED) is 0.598. The normalized spacial score (nSPS) is 10.7. The summed E-state index contributed by atoms with van der Waals surface area (Å²) in [6.07, 6.45) is -2.79. The molecule has 0 heterocycles. The van der Waals surface area contributed by atoms with E-state index in [4.69, 9.17) is 21.7 Å². The van der Waals surface area contributed by atoms with Gasteiger partial charge in [0.25, 0.3) is 11.6 Å². The summed E-state index contributed by atoms with van der Waals surface area (Å²) in [7, 11) is 1.25. The lowest BCUT2D eigenvalue weighted by Crippen LogP contribution is -2.29. The average Bonchev–Trinajstić information content (AvgIpc) is 2.59. The average molecular weight is 367 g/mol. The molecule has 0 fully saturated rings. The lowest BCUT2D eigenvalue weighted by atomic mass is 10.1. The summed E-state index contributed by atoms with van der Waals surface area (Å²) in [6, 6.07) is 9.98. The van der Waals surface area contributed by atoms with Gasteiger partial charge < -0.3 is 9.47 Å². The second-order valence-electron chi connectivity index (χ2n) is 5.50. The van der Waals surface area contributed by atoms with Gasteiger partial charge in [0.2, 0.25) is 0 Å². The molecule has 0 radical (unpaired) electrons. The van der Waals surface area contributed by atoms with Crippen molar-refractivity contribution in [3.05, 3.63) is 58.7 Å². The van der Waals surface area contributed by atoms with Gasteiger partial charge in [0.1, 0.15) is 12.4 Å². The fourth-order valence-electron chi connectivity index (χ4n) is 2.46. The first-order chi connectivity index (χ1) is 11.8. The first-order valence-electron chi connectivity index (χ1n) is 7.52. The molecule has 0 bridgehead atoms. The summed E-state index contributed by atoms with van der Waals surface area (Å²) in [4.78, 5) is 0. The van der Waals surface area contributed by atoms with Crippen LogP contribution in [0.3, 0.4) is 0 Å². The van der Waals surface area contributed by atoms with E-state index in [1.807, 2.05) is 32.0 Å². The minimum absolute atomic E-state index is 0.0107. The number of anilines is 1. The van der Waals surface area contributed by atoms with Crippen LogP contribution in [-0.2, 0) is 11.3 Å². The second kappa shape index (κ2) is 8.22. The van der Waals surface area contributed by atoms with Crippen LogP contribution in [0.1, 0.15) is 28.7 Å². The number of nitrogens with zero attached hydrogens (tertiary/aromatic N) is 1. The molecule has 7 heteroatoms. The van der Waals surface area contributed by atoms with Gasteiger partial charge in [-0.25, -0.2) is 8.78 Å². The van der Waals surface area contributed by atoms with E-state index in [0.29, 0.717) is 16.4 Å². The van der Waals surface area contributed by atoms with Crippen LogP contribution in [0, 0.1) is 13.8 Å². The van der Waals surface area contributed by atoms with E-state index in [1.54, 1.807) is 6.07 Å². The number of rotatable bonds is 5. The van der Waals surface area contributed by atoms with Crippen molar-refractivity contribution in [3.8, 4) is 5.75 Å². The lowest BCUT2D eigenvalue weighted by Gasteiger charge is -2.22. The van der Waals surface area contributed by atoms with Crippen LogP contribution in [0.2, 0.25) is 0 Å². The topological polar surface area (TPSA) is 41.9 Å². The highest BCUT2D eigenvalue weighted by Crippen LogP contribution is 2.33. The Morgan fingerprint density at radius 1 is 1.24 bits per heavy atom. The van der Waals surface area contributed by atoms with Crippen LogP contribution in [0.4, 0.5) is 14.5 Å². The number of aryl methyl sites for hydroxylation is 2. The molecule has 2 aromatic carbocycles. The van der Waals surface area contributed by atoms with E-state index < -0.39 is 6.43 Å². The Hall–Kier alpha value is -2.25. The van der Waals surface area contributed by atoms with Crippen LogP contribution in [0.15, 0.2) is 36.4 Å². The maximum absolute atomic E-state index is 13.3. The Bertz CT molecular complexity index is 768. The standard InChI is InChI=1S/C18H19F2NO3S/c1-11-7-8-15(12(2)9-11)24-10-13-5-4-6-14(17(19)20)16(13)21(22)18(25)23-3/h4-9,17,22H,10H2,1-3H3. The van der Waals surface area contributed by atoms with Gasteiger partial charge in [0.05, 0.1) is 12.8 Å². The van der Waals surface area contributed by atoms with Crippen molar-refractivity contribution in [1.82, 2.24) is 0 Å². The van der Waals surface area contributed by atoms with Crippen LogP contribution >= 0.6 is 12.2 Å². The summed E-state index contributed by atoms with van der Waals surface area (Å²) >= 11 is 4.85. The largest absolute Gasteiger partial charge is 0.489 e. The molecule has 2 aromatic rings. The summed E-state index contributed by atoms with van der Waals surface area (Å²) in [6.45, 7) is 3.86. The van der Waals surface area contributed by atoms with E-state index in [0.717, 1.165) is 11.1 Å². The van der Waals surface area contributed by atoms with E-state index >= 15 is 0 Å². The summed E-state index contributed by atoms with van der Waals surface area (Å²) in [5.41, 5.74) is 1.90. The van der Waals surface area contributed by atoms with E-state index in [1.165, 1.54) is 19.2 Å². The molecule has 0 aliphatic carbocycles. The highest BCUT2D eigenvalue weighted by molar-refractivity contribution is 7.80. The van der Waals surface area contributed by atoms with Crippen molar-refractivity contribution in [1.29, 1.82) is 0 Å². The molecule has 0 aliphatic rings. The summed E-state index contributed by atoms with van der Waals surface area (Å²) < 4.78 is 37.2. The molecule has 0 saturated heterocycles. The number of methoxy groups -OCH3 is 1. The second-order valence-corrected chi connectivity index (χ2v) is 5.84. The predicted molar refractivity (Wildman–Crippen MR) is 95.5 cm³/mol. The van der Waals surface area contributed by atoms with Crippen molar-refractivity contribution in [2.45, 2.75) is 26.9 Å². The van der Waals surface area contributed by atoms with Gasteiger partial charge in [-0.3, -0.25) is 5.21 Å². The Morgan fingerprint density at radius 2 is 1.96 bits per heavy atom. The fraction of sp³-hybridized carbons (Fsp3) is 0.278. The Balaban J connectivity index is 2.36. The van der Waals surface area contributed by atoms with Crippen LogP contribution in [0.25, 0.3) is 0 Å². The number of ether oxygens (including phenoxy) is 2. The van der Waals surface area contributed by atoms with Crippen LogP contribution in [0.5, 0.6) is 5.75 Å². The van der Waals surface area contributed by atoms with E-state index in [-0.39, 0.29) is 23.0 Å². The van der Waals surface area contributed by atoms with Crippen LogP contribution < -0.4 is 9.80 Å². The zero-order chi connectivity index (χ0) is 18.6. The third-order valence-corrected chi connectivity index (χ3v) is 4.00. The van der Waals surface area contributed by atoms with Gasteiger partial charge in [-0.2, -0.15) is 5.06 Å². The maximum atomic E-state index is 13.3. The van der Waals surface area contributed by atoms with E-state index in [9.17, 15) is 14.0 Å². The van der Waals surface area contributed by atoms with Crippen molar-refractivity contribution in [2.75, 3.05) is 12.2 Å². The Morgan fingerprint density at radius 3 is 2.56 bits per heavy atom. The number of thiocarbonyl (C=S) groups is 1. The predicted octanol–water partition coefficient (Wildman–Crippen LogP) is 4.95. The molecule has 0 aromatic heterocycles. The zero-order valence-electron chi connectivity index (χ0n) is 14.1. The molecule has 0 unspecified atom stereocenters. The number of hydrogen-bond donors (Lipinski definition) is 1. The molecule has 0 saturated carbocycles. The van der Waals surface area contributed by atoms with Gasteiger partial charge >= 0.3 is 0 Å². The van der Waals surface area contributed by atoms with Gasteiger partial charge in [-0.15, -0.1) is 0 Å². The molecule has 1 N–H and O–H groups in total. The molecule has 0 amide bonds. The number of hydrogen-bond acceptors (Lipinski definition) is 4. The van der Waals surface area contributed by atoms with Crippen molar-refractivity contribution in [2.24, 2.45) is 0 Å². The van der Waals surface area contributed by atoms with Gasteiger partial charge in [0, 0.05) is 11.1 Å². The zero-order valence-corrected chi connectivity index (χ0v) is 14.9. The molecule has 0 spiro atoms. The third-order valence-electron chi connectivity index (χ3n) is 3.66. The van der Waals surface area contributed by atoms with Crippen molar-refractivity contribution >= 4 is 23.1 Å². The highest BCUT2D eigenvalue weighted by Gasteiger charge is 2.23. The highest BCUT2D eigenvalue weighted by atomic mass is 32.1. The number of halogens is 2. The Labute approximate surface area is 150 Å². The number of para-hydroxylation sites is 1. The third kappa shape index (κ3) is 4.43. The van der Waals surface area contributed by atoms with Gasteiger partial charge in [-0.05, 0) is 37.7 Å². The summed E-state index contributed by atoms with van der Waals surface area (Å²) in [5, 5.41) is 10.3. The molecule has 134 valence electrons. The minimum atomic E-state index is -2.79. The molecular formula is C18H19F2NO3S. The van der Waals surface area contributed by atoms with Gasteiger partial charge in [0.15, 0.2) is 0 Å². The molecule has 0 aliphatic heterocycles. The number of alkyl halides is 2.